The summed E-state index contributed by atoms with van der Waals surface area (Å²) in [6.07, 6.45) is 1.06. The van der Waals surface area contributed by atoms with Crippen LogP contribution in [0.1, 0.15) is 40.7 Å². The van der Waals surface area contributed by atoms with Crippen molar-refractivity contribution in [2.75, 3.05) is 11.1 Å². The smallest absolute Gasteiger partial charge is 0.210 e. The Hall–Kier alpha value is -2.12. The summed E-state index contributed by atoms with van der Waals surface area (Å²) in [5, 5.41) is 12.4. The van der Waals surface area contributed by atoms with Gasteiger partial charge in [-0.3, -0.25) is 4.79 Å². The first-order chi connectivity index (χ1) is 13.0. The van der Waals surface area contributed by atoms with E-state index < -0.39 is 0 Å². The molecule has 7 heteroatoms. The Morgan fingerprint density at radius 1 is 1.22 bits per heavy atom. The molecule has 2 heterocycles. The zero-order valence-electron chi connectivity index (χ0n) is 16.1. The van der Waals surface area contributed by atoms with Crippen molar-refractivity contribution in [3.05, 3.63) is 52.8 Å². The summed E-state index contributed by atoms with van der Waals surface area (Å²) < 4.78 is 3.01. The molecule has 0 bridgehead atoms. The number of hydrogen-bond donors (Lipinski definition) is 1. The van der Waals surface area contributed by atoms with Crippen molar-refractivity contribution in [1.82, 2.24) is 14.8 Å². The van der Waals surface area contributed by atoms with E-state index >= 15 is 0 Å². The molecule has 0 aliphatic rings. The average molecular weight is 401 g/mol. The van der Waals surface area contributed by atoms with Crippen LogP contribution in [0.5, 0.6) is 0 Å². The second kappa shape index (κ2) is 8.71. The predicted molar refractivity (Wildman–Crippen MR) is 114 cm³/mol. The Kier molecular flexibility index (Phi) is 6.34. The Labute approximate surface area is 168 Å². The van der Waals surface area contributed by atoms with Gasteiger partial charge in [-0.15, -0.1) is 10.2 Å². The van der Waals surface area contributed by atoms with Crippen molar-refractivity contribution in [1.29, 1.82) is 0 Å². The second-order valence-corrected chi connectivity index (χ2v) is 8.72. The molecule has 0 atom stereocenters. The lowest BCUT2D eigenvalue weighted by molar-refractivity contribution is 0.102. The molecule has 3 aromatic rings. The van der Waals surface area contributed by atoms with Crippen LogP contribution in [0.3, 0.4) is 0 Å². The Morgan fingerprint density at radius 2 is 2.04 bits per heavy atom. The van der Waals surface area contributed by atoms with E-state index in [-0.39, 0.29) is 5.78 Å². The van der Waals surface area contributed by atoms with Gasteiger partial charge in [-0.05, 0) is 51.0 Å². The van der Waals surface area contributed by atoms with Crippen molar-refractivity contribution >= 4 is 39.7 Å². The number of nitrogens with one attached hydrogen (secondary N) is 1. The number of ketones is 1. The van der Waals surface area contributed by atoms with Gasteiger partial charge in [0.1, 0.15) is 0 Å². The van der Waals surface area contributed by atoms with Gasteiger partial charge in [-0.1, -0.05) is 42.2 Å². The van der Waals surface area contributed by atoms with Crippen LogP contribution in [0.25, 0.3) is 0 Å². The predicted octanol–water partition coefficient (Wildman–Crippen LogP) is 5.39. The third-order valence-electron chi connectivity index (χ3n) is 4.32. The second-order valence-electron chi connectivity index (χ2n) is 6.52. The van der Waals surface area contributed by atoms with Crippen LogP contribution in [0, 0.1) is 20.8 Å². The summed E-state index contributed by atoms with van der Waals surface area (Å²) in [4.78, 5) is 12.7. The van der Waals surface area contributed by atoms with E-state index in [2.05, 4.69) is 53.0 Å². The van der Waals surface area contributed by atoms with Gasteiger partial charge in [0.25, 0.3) is 0 Å². The third kappa shape index (κ3) is 4.78. The lowest BCUT2D eigenvalue weighted by atomic mass is 10.2. The molecule has 142 valence electrons. The van der Waals surface area contributed by atoms with Crippen LogP contribution in [-0.2, 0) is 6.54 Å². The van der Waals surface area contributed by atoms with Gasteiger partial charge in [0.2, 0.25) is 5.13 Å². The first kappa shape index (κ1) is 19.6. The lowest BCUT2D eigenvalue weighted by Crippen LogP contribution is -2.06. The normalized spacial score (nSPS) is 11.0. The molecular weight excluding hydrogens is 376 g/mol. The fraction of sp³-hybridized carbons (Fsp3) is 0.350. The Morgan fingerprint density at radius 3 is 2.78 bits per heavy atom. The summed E-state index contributed by atoms with van der Waals surface area (Å²) in [6, 6.07) is 10.1. The van der Waals surface area contributed by atoms with Gasteiger partial charge in [0.15, 0.2) is 10.1 Å². The molecule has 0 amide bonds. The first-order valence-electron chi connectivity index (χ1n) is 8.98. The summed E-state index contributed by atoms with van der Waals surface area (Å²) in [5.41, 5.74) is 5.19. The van der Waals surface area contributed by atoms with Crippen LogP contribution in [0.15, 0.2) is 34.7 Å². The van der Waals surface area contributed by atoms with Crippen LogP contribution < -0.4 is 5.32 Å². The highest BCUT2D eigenvalue weighted by Gasteiger charge is 2.16. The molecular formula is C20H24N4OS2. The first-order valence-corrected chi connectivity index (χ1v) is 10.8. The SMILES string of the molecule is CCCn1c(C)cc(C(=O)CSc2nnc(Nc3cccc(C)c3)s2)c1C. The van der Waals surface area contributed by atoms with E-state index in [4.69, 9.17) is 0 Å². The Bertz CT molecular complexity index is 945. The maximum atomic E-state index is 12.7. The fourth-order valence-corrected chi connectivity index (χ4v) is 4.68. The summed E-state index contributed by atoms with van der Waals surface area (Å²) >= 11 is 2.90. The molecule has 0 aliphatic carbocycles. The third-order valence-corrected chi connectivity index (χ3v) is 6.30. The molecule has 0 fully saturated rings. The molecule has 0 saturated carbocycles. The quantitative estimate of drug-likeness (QED) is 0.405. The number of carbonyl (C=O) groups is 1. The largest absolute Gasteiger partial charge is 0.348 e. The summed E-state index contributed by atoms with van der Waals surface area (Å²) in [5.74, 6) is 0.508. The molecule has 0 unspecified atom stereocenters. The number of carbonyl (C=O) groups excluding carboxylic acids is 1. The van der Waals surface area contributed by atoms with Crippen molar-refractivity contribution in [3.63, 3.8) is 0 Å². The van der Waals surface area contributed by atoms with Crippen LogP contribution in [0.2, 0.25) is 0 Å². The number of aromatic nitrogens is 3. The topological polar surface area (TPSA) is 59.8 Å². The van der Waals surface area contributed by atoms with Crippen molar-refractivity contribution in [3.8, 4) is 0 Å². The zero-order chi connectivity index (χ0) is 19.4. The summed E-state index contributed by atoms with van der Waals surface area (Å²) in [6.45, 7) is 9.22. The van der Waals surface area contributed by atoms with Gasteiger partial charge in [-0.25, -0.2) is 0 Å². The van der Waals surface area contributed by atoms with Gasteiger partial charge in [-0.2, -0.15) is 0 Å². The number of anilines is 2. The molecule has 5 nitrogen and oxygen atoms in total. The highest BCUT2D eigenvalue weighted by Crippen LogP contribution is 2.29. The number of aryl methyl sites for hydroxylation is 2. The summed E-state index contributed by atoms with van der Waals surface area (Å²) in [7, 11) is 0. The highest BCUT2D eigenvalue weighted by atomic mass is 32.2. The minimum absolute atomic E-state index is 0.138. The van der Waals surface area contributed by atoms with Crippen LogP contribution in [0.4, 0.5) is 10.8 Å². The molecule has 0 spiro atoms. The standard InChI is InChI=1S/C20H24N4OS2/c1-5-9-24-14(3)11-17(15(24)4)18(25)12-26-20-23-22-19(27-20)21-16-8-6-7-13(2)10-16/h6-8,10-11H,5,9,12H2,1-4H3,(H,21,22). The number of rotatable bonds is 8. The van der Waals surface area contributed by atoms with Crippen LogP contribution in [-0.4, -0.2) is 26.3 Å². The molecule has 0 aliphatic heterocycles. The van der Waals surface area contributed by atoms with E-state index in [1.54, 1.807) is 0 Å². The number of nitrogens with zero attached hydrogens (tertiary/aromatic N) is 3. The number of benzene rings is 1. The van der Waals surface area contributed by atoms with Crippen molar-refractivity contribution < 1.29 is 4.79 Å². The van der Waals surface area contributed by atoms with E-state index in [1.807, 2.05) is 25.1 Å². The van der Waals surface area contributed by atoms with E-state index in [1.165, 1.54) is 28.7 Å². The van der Waals surface area contributed by atoms with Crippen LogP contribution >= 0.6 is 23.1 Å². The zero-order valence-corrected chi connectivity index (χ0v) is 17.7. The molecule has 2 aromatic heterocycles. The molecule has 0 saturated heterocycles. The Balaban J connectivity index is 1.61. The van der Waals surface area contributed by atoms with Crippen molar-refractivity contribution in [2.24, 2.45) is 0 Å². The average Bonchev–Trinajstić information content (AvgIpc) is 3.19. The monoisotopic (exact) mass is 400 g/mol. The number of thioether (sulfide) groups is 1. The number of hydrogen-bond acceptors (Lipinski definition) is 6. The van der Waals surface area contributed by atoms with Gasteiger partial charge >= 0.3 is 0 Å². The van der Waals surface area contributed by atoms with Gasteiger partial charge in [0, 0.05) is 29.2 Å². The van der Waals surface area contributed by atoms with Gasteiger partial charge in [0.05, 0.1) is 5.75 Å². The lowest BCUT2D eigenvalue weighted by Gasteiger charge is -2.07. The number of Topliss-reactive ketones (excluding diaryl/α,β-unsaturated/α-hetero) is 1. The maximum absolute atomic E-state index is 12.7. The minimum Gasteiger partial charge on any atom is -0.348 e. The van der Waals surface area contributed by atoms with Gasteiger partial charge < -0.3 is 9.88 Å². The molecule has 1 aromatic carbocycles. The molecule has 27 heavy (non-hydrogen) atoms. The van der Waals surface area contributed by atoms with Crippen molar-refractivity contribution in [2.45, 2.75) is 45.0 Å². The molecule has 1 N–H and O–H groups in total. The maximum Gasteiger partial charge on any atom is 0.210 e. The highest BCUT2D eigenvalue weighted by molar-refractivity contribution is 8.01. The van der Waals surface area contributed by atoms with E-state index in [0.717, 1.165) is 45.1 Å². The molecule has 3 rings (SSSR count). The van der Waals surface area contributed by atoms with E-state index in [9.17, 15) is 4.79 Å². The minimum atomic E-state index is 0.138. The molecule has 0 radical (unpaired) electrons. The van der Waals surface area contributed by atoms with E-state index in [0.29, 0.717) is 5.75 Å². The fourth-order valence-electron chi connectivity index (χ4n) is 3.02.